The topological polar surface area (TPSA) is 75.3 Å². The summed E-state index contributed by atoms with van der Waals surface area (Å²) in [7, 11) is -3.76. The van der Waals surface area contributed by atoms with E-state index in [-0.39, 0.29) is 17.3 Å². The molecule has 3 rings (SSSR count). The monoisotopic (exact) mass is 428 g/mol. The molecule has 1 amide bonds. The highest BCUT2D eigenvalue weighted by molar-refractivity contribution is 7.92. The summed E-state index contributed by atoms with van der Waals surface area (Å²) in [6, 6.07) is 18.8. The highest BCUT2D eigenvalue weighted by Gasteiger charge is 2.18. The quantitative estimate of drug-likeness (QED) is 0.598. The van der Waals surface area contributed by atoms with Gasteiger partial charge < -0.3 is 5.32 Å². The van der Waals surface area contributed by atoms with E-state index >= 15 is 0 Å². The first-order valence-electron chi connectivity index (χ1n) is 8.98. The highest BCUT2D eigenvalue weighted by Crippen LogP contribution is 2.23. The van der Waals surface area contributed by atoms with Crippen LogP contribution in [0.5, 0.6) is 0 Å². The zero-order valence-electron chi connectivity index (χ0n) is 16.1. The van der Waals surface area contributed by atoms with E-state index < -0.39 is 10.0 Å². The summed E-state index contributed by atoms with van der Waals surface area (Å²) >= 11 is 6.12. The smallest absolute Gasteiger partial charge is 0.261 e. The molecule has 150 valence electrons. The van der Waals surface area contributed by atoms with Gasteiger partial charge in [0, 0.05) is 17.1 Å². The number of hydrogen-bond acceptors (Lipinski definition) is 3. The molecular weight excluding hydrogens is 408 g/mol. The Balaban J connectivity index is 1.79. The molecule has 0 atom stereocenters. The van der Waals surface area contributed by atoms with Crippen molar-refractivity contribution in [2.24, 2.45) is 0 Å². The Morgan fingerprint density at radius 1 is 0.931 bits per heavy atom. The van der Waals surface area contributed by atoms with Crippen molar-refractivity contribution in [2.45, 2.75) is 25.3 Å². The standard InChI is InChI=1S/C22H21ClN2O3S/c1-15-10-12-18(13-11-15)29(27,28)25-21-9-5-7-19(16(21)2)22(26)24-14-17-6-3-4-8-20(17)23/h3-13,25H,14H2,1-2H3,(H,24,26). The molecule has 0 fully saturated rings. The van der Waals surface area contributed by atoms with E-state index in [0.717, 1.165) is 11.1 Å². The van der Waals surface area contributed by atoms with Gasteiger partial charge in [-0.1, -0.05) is 53.6 Å². The van der Waals surface area contributed by atoms with Crippen molar-refractivity contribution in [1.29, 1.82) is 0 Å². The van der Waals surface area contributed by atoms with Crippen molar-refractivity contribution < 1.29 is 13.2 Å². The van der Waals surface area contributed by atoms with Gasteiger partial charge in [0.05, 0.1) is 10.6 Å². The van der Waals surface area contributed by atoms with Crippen LogP contribution in [0.4, 0.5) is 5.69 Å². The summed E-state index contributed by atoms with van der Waals surface area (Å²) in [5.41, 5.74) is 3.06. The first-order chi connectivity index (χ1) is 13.8. The Labute approximate surface area is 175 Å². The zero-order chi connectivity index (χ0) is 21.0. The molecule has 0 aliphatic heterocycles. The number of rotatable bonds is 6. The van der Waals surface area contributed by atoms with E-state index in [0.29, 0.717) is 21.8 Å². The van der Waals surface area contributed by atoms with Crippen molar-refractivity contribution >= 4 is 33.2 Å². The van der Waals surface area contributed by atoms with Crippen LogP contribution in [-0.2, 0) is 16.6 Å². The molecular formula is C22H21ClN2O3S. The Kier molecular flexibility index (Phi) is 6.25. The zero-order valence-corrected chi connectivity index (χ0v) is 17.6. The van der Waals surface area contributed by atoms with Gasteiger partial charge in [0.25, 0.3) is 15.9 Å². The molecule has 2 N–H and O–H groups in total. The maximum absolute atomic E-state index is 12.7. The lowest BCUT2D eigenvalue weighted by Gasteiger charge is -2.14. The van der Waals surface area contributed by atoms with Gasteiger partial charge in [-0.3, -0.25) is 9.52 Å². The number of hydrogen-bond donors (Lipinski definition) is 2. The summed E-state index contributed by atoms with van der Waals surface area (Å²) in [5, 5.41) is 3.40. The van der Waals surface area contributed by atoms with Gasteiger partial charge in [0.2, 0.25) is 0 Å². The molecule has 0 saturated carbocycles. The van der Waals surface area contributed by atoms with Crippen molar-refractivity contribution in [3.8, 4) is 0 Å². The molecule has 7 heteroatoms. The molecule has 3 aromatic carbocycles. The van der Waals surface area contributed by atoms with Crippen LogP contribution < -0.4 is 10.0 Å². The number of benzene rings is 3. The van der Waals surface area contributed by atoms with Crippen LogP contribution in [-0.4, -0.2) is 14.3 Å². The normalized spacial score (nSPS) is 11.1. The number of amides is 1. The highest BCUT2D eigenvalue weighted by atomic mass is 35.5. The van der Waals surface area contributed by atoms with Crippen molar-refractivity contribution in [2.75, 3.05) is 4.72 Å². The number of carbonyl (C=O) groups is 1. The third kappa shape index (κ3) is 4.96. The molecule has 0 heterocycles. The molecule has 0 aromatic heterocycles. The second kappa shape index (κ2) is 8.68. The Morgan fingerprint density at radius 3 is 2.31 bits per heavy atom. The van der Waals surface area contributed by atoms with Crippen LogP contribution in [0.1, 0.15) is 27.0 Å². The van der Waals surface area contributed by atoms with E-state index in [1.807, 2.05) is 25.1 Å². The molecule has 0 aliphatic rings. The summed E-state index contributed by atoms with van der Waals surface area (Å²) < 4.78 is 27.9. The van der Waals surface area contributed by atoms with Gasteiger partial charge in [-0.2, -0.15) is 0 Å². The van der Waals surface area contributed by atoms with E-state index in [1.54, 1.807) is 55.5 Å². The summed E-state index contributed by atoms with van der Waals surface area (Å²) in [4.78, 5) is 12.8. The summed E-state index contributed by atoms with van der Waals surface area (Å²) in [6.07, 6.45) is 0. The fraction of sp³-hybridized carbons (Fsp3) is 0.136. The van der Waals surface area contributed by atoms with Crippen LogP contribution in [0.2, 0.25) is 5.02 Å². The maximum atomic E-state index is 12.7. The van der Waals surface area contributed by atoms with Gasteiger partial charge in [0.15, 0.2) is 0 Å². The fourth-order valence-electron chi connectivity index (χ4n) is 2.83. The van der Waals surface area contributed by atoms with E-state index in [4.69, 9.17) is 11.6 Å². The minimum atomic E-state index is -3.76. The molecule has 5 nitrogen and oxygen atoms in total. The van der Waals surface area contributed by atoms with Gasteiger partial charge in [0.1, 0.15) is 0 Å². The molecule has 3 aromatic rings. The number of carbonyl (C=O) groups excluding carboxylic acids is 1. The predicted molar refractivity (Wildman–Crippen MR) is 116 cm³/mol. The lowest BCUT2D eigenvalue weighted by Crippen LogP contribution is -2.24. The van der Waals surface area contributed by atoms with Crippen molar-refractivity contribution in [1.82, 2.24) is 5.32 Å². The SMILES string of the molecule is Cc1ccc(S(=O)(=O)Nc2cccc(C(=O)NCc3ccccc3Cl)c2C)cc1. The second-order valence-electron chi connectivity index (χ2n) is 6.67. The van der Waals surface area contributed by atoms with E-state index in [9.17, 15) is 13.2 Å². The van der Waals surface area contributed by atoms with Crippen LogP contribution >= 0.6 is 11.6 Å². The van der Waals surface area contributed by atoms with Gasteiger partial charge >= 0.3 is 0 Å². The maximum Gasteiger partial charge on any atom is 0.261 e. The summed E-state index contributed by atoms with van der Waals surface area (Å²) in [5.74, 6) is -0.307. The molecule has 0 radical (unpaired) electrons. The number of aryl methyl sites for hydroxylation is 1. The molecule has 0 unspecified atom stereocenters. The fourth-order valence-corrected chi connectivity index (χ4v) is 4.15. The minimum absolute atomic E-state index is 0.163. The Bertz CT molecular complexity index is 1140. The van der Waals surface area contributed by atoms with Gasteiger partial charge in [-0.25, -0.2) is 8.42 Å². The average Bonchev–Trinajstić information content (AvgIpc) is 2.69. The predicted octanol–water partition coefficient (Wildman–Crippen LogP) is 4.69. The third-order valence-electron chi connectivity index (χ3n) is 4.55. The Morgan fingerprint density at radius 2 is 1.62 bits per heavy atom. The second-order valence-corrected chi connectivity index (χ2v) is 8.76. The molecule has 29 heavy (non-hydrogen) atoms. The lowest BCUT2D eigenvalue weighted by molar-refractivity contribution is 0.0950. The molecule has 0 spiro atoms. The van der Waals surface area contributed by atoms with Crippen molar-refractivity contribution in [3.63, 3.8) is 0 Å². The van der Waals surface area contributed by atoms with Gasteiger partial charge in [-0.05, 0) is 55.3 Å². The van der Waals surface area contributed by atoms with Crippen LogP contribution in [0, 0.1) is 13.8 Å². The first-order valence-corrected chi connectivity index (χ1v) is 10.8. The minimum Gasteiger partial charge on any atom is -0.348 e. The Hall–Kier alpha value is -2.83. The molecule has 0 aliphatic carbocycles. The lowest BCUT2D eigenvalue weighted by atomic mass is 10.1. The number of anilines is 1. The van der Waals surface area contributed by atoms with Crippen LogP contribution in [0.15, 0.2) is 71.6 Å². The van der Waals surface area contributed by atoms with Gasteiger partial charge in [-0.15, -0.1) is 0 Å². The van der Waals surface area contributed by atoms with E-state index in [2.05, 4.69) is 10.0 Å². The van der Waals surface area contributed by atoms with Crippen LogP contribution in [0.3, 0.4) is 0 Å². The van der Waals surface area contributed by atoms with E-state index in [1.165, 1.54) is 0 Å². The first kappa shape index (κ1) is 20.9. The van der Waals surface area contributed by atoms with Crippen molar-refractivity contribution in [3.05, 3.63) is 94.0 Å². The summed E-state index contributed by atoms with van der Waals surface area (Å²) in [6.45, 7) is 3.87. The average molecular weight is 429 g/mol. The third-order valence-corrected chi connectivity index (χ3v) is 6.30. The number of nitrogens with one attached hydrogen (secondary N) is 2. The van der Waals surface area contributed by atoms with Crippen LogP contribution in [0.25, 0.3) is 0 Å². The number of halogens is 1. The largest absolute Gasteiger partial charge is 0.348 e. The number of sulfonamides is 1. The molecule has 0 saturated heterocycles. The molecule has 0 bridgehead atoms.